The van der Waals surface area contributed by atoms with Gasteiger partial charge in [0.1, 0.15) is 0 Å². The Morgan fingerprint density at radius 3 is 2.61 bits per heavy atom. The number of carbonyl (C=O) groups is 1. The minimum Gasteiger partial charge on any atom is -0.342 e. The number of fused-ring (bicyclic) bond motifs is 1. The Bertz CT molecular complexity index is 759. The van der Waals surface area contributed by atoms with E-state index in [9.17, 15) is 9.59 Å². The maximum Gasteiger partial charge on any atom is 0.224 e. The van der Waals surface area contributed by atoms with Gasteiger partial charge < -0.3 is 4.90 Å². The van der Waals surface area contributed by atoms with Gasteiger partial charge in [-0.3, -0.25) is 14.3 Å². The lowest BCUT2D eigenvalue weighted by atomic mass is 9.87. The van der Waals surface area contributed by atoms with Crippen molar-refractivity contribution in [2.24, 2.45) is 5.41 Å². The largest absolute Gasteiger partial charge is 0.342 e. The molecule has 1 aromatic carbocycles. The quantitative estimate of drug-likeness (QED) is 0.871. The van der Waals surface area contributed by atoms with Crippen molar-refractivity contribution in [3.63, 3.8) is 0 Å². The van der Waals surface area contributed by atoms with Gasteiger partial charge in [0, 0.05) is 24.9 Å². The monoisotopic (exact) mass is 315 g/mol. The molecule has 2 aromatic rings. The minimum atomic E-state index is -0.0957. The van der Waals surface area contributed by atoms with E-state index >= 15 is 0 Å². The van der Waals surface area contributed by atoms with Gasteiger partial charge in [-0.1, -0.05) is 32.9 Å². The van der Waals surface area contributed by atoms with E-state index in [-0.39, 0.29) is 22.8 Å². The smallest absolute Gasteiger partial charge is 0.224 e. The van der Waals surface area contributed by atoms with Crippen molar-refractivity contribution >= 4 is 16.8 Å². The standard InChI is InChI=1S/C18H25N3O2/c1-13(18(2,3)4)20(5)17(23)10-11-21-15-9-7-6-8-14(15)16(22)12-19-21/h6-9,12-13H,10-11H2,1-5H3. The zero-order valence-electron chi connectivity index (χ0n) is 14.5. The van der Waals surface area contributed by atoms with Crippen molar-refractivity contribution < 1.29 is 4.79 Å². The van der Waals surface area contributed by atoms with Crippen LogP contribution in [0.2, 0.25) is 0 Å². The summed E-state index contributed by atoms with van der Waals surface area (Å²) in [6, 6.07) is 7.49. The number of hydrogen-bond acceptors (Lipinski definition) is 3. The van der Waals surface area contributed by atoms with E-state index in [1.807, 2.05) is 25.2 Å². The van der Waals surface area contributed by atoms with Gasteiger partial charge in [-0.15, -0.1) is 0 Å². The SMILES string of the molecule is CC(N(C)C(=O)CCn1ncc(=O)c2ccccc21)C(C)(C)C. The Labute approximate surface area is 136 Å². The molecule has 0 spiro atoms. The molecule has 23 heavy (non-hydrogen) atoms. The van der Waals surface area contributed by atoms with Crippen molar-refractivity contribution in [3.05, 3.63) is 40.7 Å². The van der Waals surface area contributed by atoms with Crippen LogP contribution in [-0.4, -0.2) is 33.7 Å². The number of carbonyl (C=O) groups excluding carboxylic acids is 1. The van der Waals surface area contributed by atoms with Crippen LogP contribution < -0.4 is 5.43 Å². The summed E-state index contributed by atoms with van der Waals surface area (Å²) in [7, 11) is 1.84. The van der Waals surface area contributed by atoms with Gasteiger partial charge in [-0.05, 0) is 24.5 Å². The second kappa shape index (κ2) is 6.52. The number of nitrogens with zero attached hydrogens (tertiary/aromatic N) is 3. The van der Waals surface area contributed by atoms with Crippen molar-refractivity contribution in [1.82, 2.24) is 14.7 Å². The van der Waals surface area contributed by atoms with Crippen molar-refractivity contribution in [2.75, 3.05) is 7.05 Å². The summed E-state index contributed by atoms with van der Waals surface area (Å²) in [6.45, 7) is 8.89. The fourth-order valence-corrected chi connectivity index (χ4v) is 2.51. The lowest BCUT2D eigenvalue weighted by Crippen LogP contribution is -2.43. The third-order valence-corrected chi connectivity index (χ3v) is 4.53. The molecule has 2 rings (SSSR count). The summed E-state index contributed by atoms with van der Waals surface area (Å²) < 4.78 is 1.73. The highest BCUT2D eigenvalue weighted by atomic mass is 16.2. The van der Waals surface area contributed by atoms with Crippen molar-refractivity contribution in [3.8, 4) is 0 Å². The van der Waals surface area contributed by atoms with Gasteiger partial charge in [0.25, 0.3) is 0 Å². The van der Waals surface area contributed by atoms with E-state index in [1.54, 1.807) is 15.6 Å². The molecule has 0 aliphatic carbocycles. The molecule has 0 radical (unpaired) electrons. The van der Waals surface area contributed by atoms with Crippen LogP contribution in [0.5, 0.6) is 0 Å². The predicted octanol–water partition coefficient (Wildman–Crippen LogP) is 2.68. The van der Waals surface area contributed by atoms with Gasteiger partial charge >= 0.3 is 0 Å². The van der Waals surface area contributed by atoms with Gasteiger partial charge in [0.05, 0.1) is 18.3 Å². The number of amides is 1. The number of hydrogen-bond donors (Lipinski definition) is 0. The first-order chi connectivity index (χ1) is 10.7. The molecule has 0 aliphatic heterocycles. The Balaban J connectivity index is 2.14. The highest BCUT2D eigenvalue weighted by Gasteiger charge is 2.26. The molecule has 5 nitrogen and oxygen atoms in total. The number of aromatic nitrogens is 2. The van der Waals surface area contributed by atoms with E-state index in [0.29, 0.717) is 18.4 Å². The number of rotatable bonds is 4. The lowest BCUT2D eigenvalue weighted by Gasteiger charge is -2.35. The van der Waals surface area contributed by atoms with Gasteiger partial charge in [-0.25, -0.2) is 0 Å². The van der Waals surface area contributed by atoms with E-state index in [1.165, 1.54) is 6.20 Å². The number of aryl methyl sites for hydroxylation is 1. The first-order valence-electron chi connectivity index (χ1n) is 7.92. The highest BCUT2D eigenvalue weighted by molar-refractivity contribution is 5.79. The summed E-state index contributed by atoms with van der Waals surface area (Å²) in [5.74, 6) is 0.0806. The first-order valence-corrected chi connectivity index (χ1v) is 7.92. The summed E-state index contributed by atoms with van der Waals surface area (Å²) in [5.41, 5.74) is 0.702. The molecule has 124 valence electrons. The highest BCUT2D eigenvalue weighted by Crippen LogP contribution is 2.23. The summed E-state index contributed by atoms with van der Waals surface area (Å²) in [4.78, 5) is 26.1. The van der Waals surface area contributed by atoms with Crippen molar-refractivity contribution in [1.29, 1.82) is 0 Å². The maximum absolute atomic E-state index is 12.4. The van der Waals surface area contributed by atoms with Crippen LogP contribution in [0.1, 0.15) is 34.1 Å². The lowest BCUT2D eigenvalue weighted by molar-refractivity contribution is -0.133. The molecular formula is C18H25N3O2. The molecule has 1 unspecified atom stereocenters. The summed E-state index contributed by atoms with van der Waals surface area (Å²) in [6.07, 6.45) is 1.67. The molecule has 1 heterocycles. The topological polar surface area (TPSA) is 55.2 Å². The molecular weight excluding hydrogens is 290 g/mol. The molecule has 0 saturated heterocycles. The average molecular weight is 315 g/mol. The fraction of sp³-hybridized carbons (Fsp3) is 0.500. The Kier molecular flexibility index (Phi) is 4.88. The third-order valence-electron chi connectivity index (χ3n) is 4.53. The van der Waals surface area contributed by atoms with Gasteiger partial charge in [-0.2, -0.15) is 5.10 Å². The second-order valence-electron chi connectivity index (χ2n) is 7.05. The maximum atomic E-state index is 12.4. The fourth-order valence-electron chi connectivity index (χ4n) is 2.51. The molecule has 1 amide bonds. The molecule has 0 saturated carbocycles. The van der Waals surface area contributed by atoms with E-state index < -0.39 is 0 Å². The van der Waals surface area contributed by atoms with Crippen LogP contribution in [0.4, 0.5) is 0 Å². The molecule has 0 N–H and O–H groups in total. The molecule has 0 fully saturated rings. The van der Waals surface area contributed by atoms with Crippen LogP contribution in [0.3, 0.4) is 0 Å². The molecule has 0 bridgehead atoms. The Hall–Kier alpha value is -2.17. The van der Waals surface area contributed by atoms with Crippen LogP contribution in [0, 0.1) is 5.41 Å². The molecule has 1 aromatic heterocycles. The van der Waals surface area contributed by atoms with Crippen LogP contribution in [0.15, 0.2) is 35.3 Å². The normalized spacial score (nSPS) is 13.1. The van der Waals surface area contributed by atoms with E-state index in [4.69, 9.17) is 0 Å². The van der Waals surface area contributed by atoms with E-state index in [0.717, 1.165) is 5.52 Å². The van der Waals surface area contributed by atoms with Crippen LogP contribution in [-0.2, 0) is 11.3 Å². The van der Waals surface area contributed by atoms with Crippen LogP contribution >= 0.6 is 0 Å². The second-order valence-corrected chi connectivity index (χ2v) is 7.05. The van der Waals surface area contributed by atoms with Crippen LogP contribution in [0.25, 0.3) is 10.9 Å². The van der Waals surface area contributed by atoms with Gasteiger partial charge in [0.2, 0.25) is 11.3 Å². The Morgan fingerprint density at radius 2 is 1.96 bits per heavy atom. The minimum absolute atomic E-state index is 0.0344. The predicted molar refractivity (Wildman–Crippen MR) is 92.3 cm³/mol. The van der Waals surface area contributed by atoms with Gasteiger partial charge in [0.15, 0.2) is 0 Å². The Morgan fingerprint density at radius 1 is 1.30 bits per heavy atom. The third kappa shape index (κ3) is 3.78. The van der Waals surface area contributed by atoms with E-state index in [2.05, 4.69) is 32.8 Å². The molecule has 0 aliphatic rings. The first kappa shape index (κ1) is 17.2. The zero-order valence-corrected chi connectivity index (χ0v) is 14.5. The zero-order chi connectivity index (χ0) is 17.2. The molecule has 5 heteroatoms. The molecule has 1 atom stereocenters. The summed E-state index contributed by atoms with van der Waals surface area (Å²) in [5, 5.41) is 4.80. The van der Waals surface area contributed by atoms with Crippen molar-refractivity contribution in [2.45, 2.75) is 46.7 Å². The summed E-state index contributed by atoms with van der Waals surface area (Å²) >= 11 is 0. The number of benzene rings is 1. The number of para-hydroxylation sites is 1. The average Bonchev–Trinajstić information content (AvgIpc) is 2.52.